The summed E-state index contributed by atoms with van der Waals surface area (Å²) in [6, 6.07) is 7.13. The first-order valence-corrected chi connectivity index (χ1v) is 13.6. The van der Waals surface area contributed by atoms with Crippen LogP contribution in [0.3, 0.4) is 0 Å². The Kier molecular flexibility index (Phi) is 9.77. The summed E-state index contributed by atoms with van der Waals surface area (Å²) in [7, 11) is 3.08. The van der Waals surface area contributed by atoms with Crippen LogP contribution < -0.4 is 10.6 Å². The number of aromatic nitrogens is 3. The van der Waals surface area contributed by atoms with E-state index in [1.165, 1.54) is 7.11 Å². The number of ether oxygens (including phenoxy) is 3. The van der Waals surface area contributed by atoms with Crippen molar-refractivity contribution in [2.24, 2.45) is 18.0 Å². The molecule has 1 saturated heterocycles. The lowest BCUT2D eigenvalue weighted by Gasteiger charge is -2.34. The molecule has 216 valence electrons. The third-order valence-electron chi connectivity index (χ3n) is 7.14. The molecule has 1 aromatic carbocycles. The largest absolute Gasteiger partial charge is 0.468 e. The van der Waals surface area contributed by atoms with E-state index in [9.17, 15) is 9.59 Å². The molecule has 13 heteroatoms. The summed E-state index contributed by atoms with van der Waals surface area (Å²) in [6.07, 6.45) is 0. The number of nitrogen functional groups attached to an aromatic ring is 1. The summed E-state index contributed by atoms with van der Waals surface area (Å²) >= 11 is 6.56. The second-order valence-corrected chi connectivity index (χ2v) is 10.0. The number of carbonyl (C=O) groups is 2. The molecule has 4 rings (SSSR count). The van der Waals surface area contributed by atoms with Crippen LogP contribution in [0.15, 0.2) is 40.5 Å². The molecule has 0 aliphatic carbocycles. The SMILES string of the molecule is CCOC(=O)C1=C(COCCN2CCN(c3nc(N)n(C)n3)CC2)N=C(C)C(C(=O)OC)C1c1ccccc1Cl. The number of carbonyl (C=O) groups excluding carboxylic acids is 2. The standard InChI is InChI=1S/C27H36ClN7O5/c1-5-40-25(37)23-20(30-17(2)21(24(36)38-4)22(23)18-8-6-7-9-19(18)28)16-39-15-14-34-10-12-35(13-11-34)27-31-26(29)33(3)32-27/h6-9,21-22H,5,10-16H2,1-4H3,(H2,29,31,32). The second kappa shape index (κ2) is 13.2. The van der Waals surface area contributed by atoms with E-state index < -0.39 is 23.8 Å². The molecule has 2 aliphatic rings. The average Bonchev–Trinajstić information content (AvgIpc) is 3.28. The highest BCUT2D eigenvalue weighted by Crippen LogP contribution is 2.42. The predicted molar refractivity (Wildman–Crippen MR) is 151 cm³/mol. The zero-order chi connectivity index (χ0) is 28.8. The summed E-state index contributed by atoms with van der Waals surface area (Å²) in [6.45, 7) is 8.06. The van der Waals surface area contributed by atoms with Crippen LogP contribution in [-0.4, -0.2) is 97.0 Å². The van der Waals surface area contributed by atoms with Crippen molar-refractivity contribution in [2.75, 3.05) is 70.3 Å². The van der Waals surface area contributed by atoms with Crippen LogP contribution in [0.4, 0.5) is 11.9 Å². The lowest BCUT2D eigenvalue weighted by atomic mass is 9.75. The minimum atomic E-state index is -0.826. The quantitative estimate of drug-likeness (QED) is 0.332. The highest BCUT2D eigenvalue weighted by molar-refractivity contribution is 6.31. The second-order valence-electron chi connectivity index (χ2n) is 9.61. The number of hydrogen-bond donors (Lipinski definition) is 1. The van der Waals surface area contributed by atoms with Gasteiger partial charge in [0.25, 0.3) is 0 Å². The molecule has 12 nitrogen and oxygen atoms in total. The van der Waals surface area contributed by atoms with Crippen molar-refractivity contribution >= 4 is 41.1 Å². The highest BCUT2D eigenvalue weighted by Gasteiger charge is 2.43. The van der Waals surface area contributed by atoms with Crippen LogP contribution in [-0.2, 0) is 30.8 Å². The maximum absolute atomic E-state index is 13.3. The maximum Gasteiger partial charge on any atom is 0.336 e. The number of rotatable bonds is 10. The van der Waals surface area contributed by atoms with Crippen LogP contribution in [0.2, 0.25) is 5.02 Å². The average molecular weight is 574 g/mol. The van der Waals surface area contributed by atoms with E-state index in [0.717, 1.165) is 26.2 Å². The molecule has 0 bridgehead atoms. The summed E-state index contributed by atoms with van der Waals surface area (Å²) in [4.78, 5) is 39.5. The van der Waals surface area contributed by atoms with Gasteiger partial charge in [0.15, 0.2) is 0 Å². The van der Waals surface area contributed by atoms with Gasteiger partial charge in [-0.25, -0.2) is 9.48 Å². The Hall–Kier alpha value is -3.48. The van der Waals surface area contributed by atoms with Crippen molar-refractivity contribution in [2.45, 2.75) is 19.8 Å². The summed E-state index contributed by atoms with van der Waals surface area (Å²) in [5.74, 6) is -1.59. The molecule has 1 aromatic heterocycles. The van der Waals surface area contributed by atoms with Crippen LogP contribution in [0.25, 0.3) is 0 Å². The Morgan fingerprint density at radius 2 is 1.90 bits per heavy atom. The Morgan fingerprint density at radius 1 is 1.18 bits per heavy atom. The number of hydrogen-bond acceptors (Lipinski definition) is 11. The molecule has 0 radical (unpaired) electrons. The molecule has 2 unspecified atom stereocenters. The van der Waals surface area contributed by atoms with Crippen LogP contribution in [0.5, 0.6) is 0 Å². The number of benzene rings is 1. The van der Waals surface area contributed by atoms with Crippen molar-refractivity contribution < 1.29 is 23.8 Å². The topological polar surface area (TPSA) is 137 Å². The Balaban J connectivity index is 1.47. The molecule has 40 heavy (non-hydrogen) atoms. The molecule has 2 aliphatic heterocycles. The van der Waals surface area contributed by atoms with E-state index in [2.05, 4.69) is 24.9 Å². The smallest absolute Gasteiger partial charge is 0.336 e. The van der Waals surface area contributed by atoms with Crippen LogP contribution >= 0.6 is 11.6 Å². The zero-order valence-electron chi connectivity index (χ0n) is 23.3. The Morgan fingerprint density at radius 3 is 2.52 bits per heavy atom. The molecule has 1 fully saturated rings. The fourth-order valence-corrected chi connectivity index (χ4v) is 5.29. The van der Waals surface area contributed by atoms with Crippen molar-refractivity contribution in [1.29, 1.82) is 0 Å². The zero-order valence-corrected chi connectivity index (χ0v) is 24.1. The Labute approximate surface area is 238 Å². The van der Waals surface area contributed by atoms with Crippen molar-refractivity contribution in [1.82, 2.24) is 19.7 Å². The first kappa shape index (κ1) is 29.5. The minimum absolute atomic E-state index is 0.0808. The van der Waals surface area contributed by atoms with Gasteiger partial charge in [0.2, 0.25) is 11.9 Å². The maximum atomic E-state index is 13.3. The van der Waals surface area contributed by atoms with E-state index in [1.807, 2.05) is 6.07 Å². The van der Waals surface area contributed by atoms with Gasteiger partial charge in [-0.1, -0.05) is 29.8 Å². The number of anilines is 2. The number of piperazine rings is 1. The van der Waals surface area contributed by atoms with Gasteiger partial charge in [0, 0.05) is 56.4 Å². The molecule has 0 amide bonds. The van der Waals surface area contributed by atoms with Crippen LogP contribution in [0.1, 0.15) is 25.3 Å². The fraction of sp³-hybridized carbons (Fsp3) is 0.519. The summed E-state index contributed by atoms with van der Waals surface area (Å²) in [5.41, 5.74) is 7.63. The lowest BCUT2D eigenvalue weighted by molar-refractivity contribution is -0.144. The molecule has 2 aromatic rings. The van der Waals surface area contributed by atoms with Gasteiger partial charge in [-0.05, 0) is 25.5 Å². The normalized spacial score (nSPS) is 19.9. The van der Waals surface area contributed by atoms with E-state index in [4.69, 9.17) is 31.5 Å². The molecule has 2 atom stereocenters. The monoisotopic (exact) mass is 573 g/mol. The van der Waals surface area contributed by atoms with Gasteiger partial charge >= 0.3 is 11.9 Å². The number of aryl methyl sites for hydroxylation is 1. The third kappa shape index (κ3) is 6.45. The third-order valence-corrected chi connectivity index (χ3v) is 7.48. The molecule has 3 heterocycles. The molecule has 2 N–H and O–H groups in total. The van der Waals surface area contributed by atoms with Gasteiger partial charge in [0.1, 0.15) is 5.92 Å². The molecule has 0 saturated carbocycles. The fourth-order valence-electron chi connectivity index (χ4n) is 5.04. The number of halogens is 1. The summed E-state index contributed by atoms with van der Waals surface area (Å²) < 4.78 is 18.1. The van der Waals surface area contributed by atoms with Crippen molar-refractivity contribution in [3.63, 3.8) is 0 Å². The molecular weight excluding hydrogens is 538 g/mol. The number of aliphatic imine (C=N–C) groups is 1. The number of nitrogens with two attached hydrogens (primary N) is 1. The number of nitrogens with zero attached hydrogens (tertiary/aromatic N) is 6. The van der Waals surface area contributed by atoms with Gasteiger partial charge in [0.05, 0.1) is 38.2 Å². The van der Waals surface area contributed by atoms with E-state index in [0.29, 0.717) is 47.0 Å². The number of esters is 2. The number of methoxy groups -OCH3 is 1. The lowest BCUT2D eigenvalue weighted by Crippen LogP contribution is -2.47. The van der Waals surface area contributed by atoms with Crippen molar-refractivity contribution in [3.8, 4) is 0 Å². The van der Waals surface area contributed by atoms with Gasteiger partial charge in [-0.3, -0.25) is 14.7 Å². The molecule has 0 spiro atoms. The Bertz CT molecular complexity index is 1270. The van der Waals surface area contributed by atoms with Crippen molar-refractivity contribution in [3.05, 3.63) is 46.1 Å². The predicted octanol–water partition coefficient (Wildman–Crippen LogP) is 2.05. The molecular formula is C27H36ClN7O5. The van der Waals surface area contributed by atoms with Gasteiger partial charge in [-0.2, -0.15) is 4.98 Å². The van der Waals surface area contributed by atoms with E-state index in [1.54, 1.807) is 43.8 Å². The van der Waals surface area contributed by atoms with Gasteiger partial charge < -0.3 is 24.8 Å². The van der Waals surface area contributed by atoms with E-state index >= 15 is 0 Å². The van der Waals surface area contributed by atoms with E-state index in [-0.39, 0.29) is 18.8 Å². The minimum Gasteiger partial charge on any atom is -0.468 e. The first-order valence-electron chi connectivity index (χ1n) is 13.2. The summed E-state index contributed by atoms with van der Waals surface area (Å²) in [5, 5.41) is 4.78. The highest BCUT2D eigenvalue weighted by atomic mass is 35.5. The van der Waals surface area contributed by atoms with Crippen LogP contribution in [0, 0.1) is 5.92 Å². The van der Waals surface area contributed by atoms with Gasteiger partial charge in [-0.15, -0.1) is 5.10 Å². The first-order chi connectivity index (χ1) is 19.2.